The number of likely N-dealkylation sites (tertiary alicyclic amines) is 1. The van der Waals surface area contributed by atoms with Crippen LogP contribution >= 0.6 is 0 Å². The van der Waals surface area contributed by atoms with Crippen molar-refractivity contribution in [1.29, 1.82) is 0 Å². The van der Waals surface area contributed by atoms with Gasteiger partial charge in [0.15, 0.2) is 5.76 Å². The van der Waals surface area contributed by atoms with Crippen LogP contribution in [0.5, 0.6) is 0 Å². The number of rotatable bonds is 4. The summed E-state index contributed by atoms with van der Waals surface area (Å²) in [4.78, 5) is 26.1. The van der Waals surface area contributed by atoms with Gasteiger partial charge in [0.05, 0.1) is 12.8 Å². The summed E-state index contributed by atoms with van der Waals surface area (Å²) < 4.78 is 15.8. The van der Waals surface area contributed by atoms with Gasteiger partial charge in [-0.3, -0.25) is 4.79 Å². The quantitative estimate of drug-likeness (QED) is 0.756. The summed E-state index contributed by atoms with van der Waals surface area (Å²) in [5.41, 5.74) is 0.249. The molecule has 1 aliphatic heterocycles. The fourth-order valence-corrected chi connectivity index (χ4v) is 3.20. The molecule has 1 amide bonds. The highest BCUT2D eigenvalue weighted by molar-refractivity contribution is 5.77. The number of methoxy groups -OCH3 is 1. The summed E-state index contributed by atoms with van der Waals surface area (Å²) in [6.45, 7) is 10.7. The molecule has 26 heavy (non-hydrogen) atoms. The van der Waals surface area contributed by atoms with E-state index in [2.05, 4.69) is 5.16 Å². The summed E-state index contributed by atoms with van der Waals surface area (Å²) in [6.07, 6.45) is 1.48. The maximum atomic E-state index is 12.3. The highest BCUT2D eigenvalue weighted by Gasteiger charge is 2.33. The molecular weight excluding hydrogens is 336 g/mol. The molecule has 1 saturated heterocycles. The van der Waals surface area contributed by atoms with Gasteiger partial charge in [-0.1, -0.05) is 19.0 Å². The number of aromatic nitrogens is 1. The molecular formula is C19H30N2O5. The molecule has 0 N–H and O–H groups in total. The van der Waals surface area contributed by atoms with Gasteiger partial charge in [-0.2, -0.15) is 0 Å². The van der Waals surface area contributed by atoms with Gasteiger partial charge in [0.2, 0.25) is 0 Å². The first-order chi connectivity index (χ1) is 12.1. The van der Waals surface area contributed by atoms with Crippen LogP contribution in [0.4, 0.5) is 4.79 Å². The van der Waals surface area contributed by atoms with Crippen molar-refractivity contribution < 1.29 is 23.6 Å². The van der Waals surface area contributed by atoms with Crippen LogP contribution in [0.3, 0.4) is 0 Å². The van der Waals surface area contributed by atoms with Crippen LogP contribution in [0.15, 0.2) is 10.6 Å². The van der Waals surface area contributed by atoms with E-state index in [1.54, 1.807) is 4.90 Å². The van der Waals surface area contributed by atoms with E-state index in [-0.39, 0.29) is 23.9 Å². The highest BCUT2D eigenvalue weighted by Crippen LogP contribution is 2.32. The number of carbonyl (C=O) groups excluding carboxylic acids is 2. The van der Waals surface area contributed by atoms with E-state index in [0.29, 0.717) is 18.8 Å². The number of nitrogens with zero attached hydrogens (tertiary/aromatic N) is 2. The first-order valence-corrected chi connectivity index (χ1v) is 9.14. The molecule has 7 heteroatoms. The third-order valence-electron chi connectivity index (χ3n) is 4.47. The van der Waals surface area contributed by atoms with Crippen molar-refractivity contribution in [2.45, 2.75) is 64.9 Å². The predicted octanol–water partition coefficient (Wildman–Crippen LogP) is 3.70. The maximum absolute atomic E-state index is 12.3. The first kappa shape index (κ1) is 20.3. The summed E-state index contributed by atoms with van der Waals surface area (Å²) in [5, 5.41) is 4.17. The number of hydrogen-bond donors (Lipinski definition) is 0. The minimum absolute atomic E-state index is 0.0351. The maximum Gasteiger partial charge on any atom is 0.410 e. The number of hydrogen-bond acceptors (Lipinski definition) is 6. The zero-order valence-electron chi connectivity index (χ0n) is 16.6. The standard InChI is InChI=1S/C19H30N2O5/c1-12(2)16(17(22)24-6)15-10-14(20-26-15)13-8-7-9-21(11-13)18(23)25-19(3,4)5/h10,12-13,16H,7-9,11H2,1-6H3. The van der Waals surface area contributed by atoms with Crippen molar-refractivity contribution in [3.05, 3.63) is 17.5 Å². The zero-order valence-corrected chi connectivity index (χ0v) is 16.6. The summed E-state index contributed by atoms with van der Waals surface area (Å²) in [5.74, 6) is -0.197. The van der Waals surface area contributed by atoms with Gasteiger partial charge in [0, 0.05) is 25.1 Å². The van der Waals surface area contributed by atoms with Gasteiger partial charge in [-0.15, -0.1) is 0 Å². The molecule has 1 fully saturated rings. The van der Waals surface area contributed by atoms with Gasteiger partial charge >= 0.3 is 12.1 Å². The van der Waals surface area contributed by atoms with Crippen LogP contribution < -0.4 is 0 Å². The van der Waals surface area contributed by atoms with Gasteiger partial charge in [-0.05, 0) is 39.5 Å². The summed E-state index contributed by atoms with van der Waals surface area (Å²) in [7, 11) is 1.37. The molecule has 0 aromatic carbocycles. The van der Waals surface area contributed by atoms with E-state index in [9.17, 15) is 9.59 Å². The van der Waals surface area contributed by atoms with E-state index in [1.165, 1.54) is 7.11 Å². The number of carbonyl (C=O) groups is 2. The Balaban J connectivity index is 2.10. The Hall–Kier alpha value is -2.05. The van der Waals surface area contributed by atoms with E-state index in [1.807, 2.05) is 40.7 Å². The first-order valence-electron chi connectivity index (χ1n) is 9.14. The Bertz CT molecular complexity index is 632. The lowest BCUT2D eigenvalue weighted by atomic mass is 9.90. The van der Waals surface area contributed by atoms with Crippen LogP contribution in [0.25, 0.3) is 0 Å². The molecule has 1 aromatic heterocycles. The minimum Gasteiger partial charge on any atom is -0.468 e. The predicted molar refractivity (Wildman–Crippen MR) is 95.9 cm³/mol. The van der Waals surface area contributed by atoms with Crippen LogP contribution in [0.1, 0.15) is 70.8 Å². The van der Waals surface area contributed by atoms with E-state index < -0.39 is 11.5 Å². The van der Waals surface area contributed by atoms with Crippen molar-refractivity contribution in [2.24, 2.45) is 5.92 Å². The smallest absolute Gasteiger partial charge is 0.410 e. The molecule has 146 valence electrons. The van der Waals surface area contributed by atoms with Gasteiger partial charge < -0.3 is 18.9 Å². The zero-order chi connectivity index (χ0) is 19.5. The Morgan fingerprint density at radius 3 is 2.62 bits per heavy atom. The average molecular weight is 366 g/mol. The Labute approximate surface area is 155 Å². The average Bonchev–Trinajstić information content (AvgIpc) is 3.02. The number of piperidine rings is 1. The van der Waals surface area contributed by atoms with Crippen LogP contribution in [-0.2, 0) is 14.3 Å². The lowest BCUT2D eigenvalue weighted by Crippen LogP contribution is -2.42. The molecule has 2 rings (SSSR count). The van der Waals surface area contributed by atoms with Crippen molar-refractivity contribution in [3.63, 3.8) is 0 Å². The second kappa shape index (κ2) is 8.10. The molecule has 1 aromatic rings. The van der Waals surface area contributed by atoms with E-state index in [0.717, 1.165) is 18.5 Å². The topological polar surface area (TPSA) is 81.9 Å². The molecule has 0 bridgehead atoms. The van der Waals surface area contributed by atoms with E-state index in [4.69, 9.17) is 14.0 Å². The molecule has 0 saturated carbocycles. The third kappa shape index (κ3) is 4.99. The number of esters is 1. The Morgan fingerprint density at radius 2 is 2.04 bits per heavy atom. The fourth-order valence-electron chi connectivity index (χ4n) is 3.20. The fraction of sp³-hybridized carbons (Fsp3) is 0.737. The number of amides is 1. The van der Waals surface area contributed by atoms with Gasteiger partial charge in [-0.25, -0.2) is 4.79 Å². The molecule has 1 aliphatic rings. The molecule has 2 unspecified atom stereocenters. The Kier molecular flexibility index (Phi) is 6.31. The molecule has 2 heterocycles. The summed E-state index contributed by atoms with van der Waals surface area (Å²) >= 11 is 0. The lowest BCUT2D eigenvalue weighted by molar-refractivity contribution is -0.144. The molecule has 0 spiro atoms. The van der Waals surface area contributed by atoms with Gasteiger partial charge in [0.25, 0.3) is 0 Å². The van der Waals surface area contributed by atoms with E-state index >= 15 is 0 Å². The van der Waals surface area contributed by atoms with Crippen molar-refractivity contribution >= 4 is 12.1 Å². The van der Waals surface area contributed by atoms with Crippen LogP contribution in [0, 0.1) is 5.92 Å². The Morgan fingerprint density at radius 1 is 1.35 bits per heavy atom. The third-order valence-corrected chi connectivity index (χ3v) is 4.47. The second-order valence-corrected chi connectivity index (χ2v) is 8.16. The second-order valence-electron chi connectivity index (χ2n) is 8.16. The number of ether oxygens (including phenoxy) is 2. The van der Waals surface area contributed by atoms with Crippen LogP contribution in [0.2, 0.25) is 0 Å². The SMILES string of the molecule is COC(=O)C(c1cc(C2CCCN(C(=O)OC(C)(C)C)C2)no1)C(C)C. The largest absolute Gasteiger partial charge is 0.468 e. The monoisotopic (exact) mass is 366 g/mol. The van der Waals surface area contributed by atoms with Crippen molar-refractivity contribution in [2.75, 3.05) is 20.2 Å². The molecule has 0 radical (unpaired) electrons. The molecule has 2 atom stereocenters. The minimum atomic E-state index is -0.518. The van der Waals surface area contributed by atoms with Crippen molar-refractivity contribution in [1.82, 2.24) is 10.1 Å². The molecule has 0 aliphatic carbocycles. The lowest BCUT2D eigenvalue weighted by Gasteiger charge is -2.33. The van der Waals surface area contributed by atoms with Crippen LogP contribution in [-0.4, -0.2) is 47.9 Å². The molecule has 7 nitrogen and oxygen atoms in total. The highest BCUT2D eigenvalue weighted by atomic mass is 16.6. The normalized spacial score (nSPS) is 19.3. The van der Waals surface area contributed by atoms with Gasteiger partial charge in [0.1, 0.15) is 11.5 Å². The van der Waals surface area contributed by atoms with Crippen molar-refractivity contribution in [3.8, 4) is 0 Å². The summed E-state index contributed by atoms with van der Waals surface area (Å²) in [6, 6.07) is 1.82.